The first-order valence-electron chi connectivity index (χ1n) is 8.04. The van der Waals surface area contributed by atoms with E-state index in [9.17, 15) is 14.4 Å². The fraction of sp³-hybridized carbons (Fsp3) is 0.526. The molecule has 0 N–H and O–H groups in total. The average molecular weight is 334 g/mol. The molecule has 0 aromatic rings. The summed E-state index contributed by atoms with van der Waals surface area (Å²) in [7, 11) is 1.23. The van der Waals surface area contributed by atoms with Crippen LogP contribution in [0.1, 0.15) is 46.5 Å². The lowest BCUT2D eigenvalue weighted by atomic mass is 9.87. The van der Waals surface area contributed by atoms with Crippen molar-refractivity contribution < 1.29 is 23.9 Å². The Bertz CT molecular complexity index is 579. The monoisotopic (exact) mass is 334 g/mol. The smallest absolute Gasteiger partial charge is 0.317 e. The maximum Gasteiger partial charge on any atom is 0.317 e. The van der Waals surface area contributed by atoms with Crippen molar-refractivity contribution in [1.29, 1.82) is 0 Å². The third kappa shape index (κ3) is 7.40. The molecule has 0 amide bonds. The van der Waals surface area contributed by atoms with Gasteiger partial charge in [-0.1, -0.05) is 32.1 Å². The molecule has 0 aromatic heterocycles. The Morgan fingerprint density at radius 3 is 2.58 bits per heavy atom. The molecule has 24 heavy (non-hydrogen) atoms. The summed E-state index contributed by atoms with van der Waals surface area (Å²) in [5.41, 5.74) is 1.53. The van der Waals surface area contributed by atoms with Gasteiger partial charge in [-0.3, -0.25) is 14.4 Å². The van der Waals surface area contributed by atoms with E-state index in [0.717, 1.165) is 12.0 Å². The molecule has 5 nitrogen and oxygen atoms in total. The quantitative estimate of drug-likeness (QED) is 0.448. The number of ketones is 1. The van der Waals surface area contributed by atoms with Crippen LogP contribution in [0.25, 0.3) is 0 Å². The predicted octanol–water partition coefficient (Wildman–Crippen LogP) is 3.30. The lowest BCUT2D eigenvalue weighted by Crippen LogP contribution is -2.14. The lowest BCUT2D eigenvalue weighted by molar-refractivity contribution is -0.152. The van der Waals surface area contributed by atoms with Gasteiger partial charge in [-0.05, 0) is 48.8 Å². The zero-order valence-corrected chi connectivity index (χ0v) is 14.9. The van der Waals surface area contributed by atoms with Gasteiger partial charge in [0.25, 0.3) is 0 Å². The zero-order chi connectivity index (χ0) is 18.2. The molecule has 0 aromatic carbocycles. The molecule has 0 spiro atoms. The van der Waals surface area contributed by atoms with E-state index in [1.165, 1.54) is 7.11 Å². The van der Waals surface area contributed by atoms with Gasteiger partial charge in [0, 0.05) is 0 Å². The standard InChI is InChI=1S/C19H26O5/c1-14-6-5-7-15(13-24-18(22)12-17(21)23-4)8-10-19(2,3)11-9-16(14)20/h6,8-9,11H,5,7,10,12-13H2,1-4H3/b11-9+,14-6+,15-8-. The number of ether oxygens (including phenoxy) is 2. The minimum absolute atomic E-state index is 0.0241. The van der Waals surface area contributed by atoms with Gasteiger partial charge in [0.2, 0.25) is 0 Å². The van der Waals surface area contributed by atoms with Crippen molar-refractivity contribution in [3.05, 3.63) is 35.5 Å². The summed E-state index contributed by atoms with van der Waals surface area (Å²) in [5, 5.41) is 0. The highest BCUT2D eigenvalue weighted by atomic mass is 16.5. The van der Waals surface area contributed by atoms with E-state index < -0.39 is 11.9 Å². The Labute approximate surface area is 143 Å². The molecule has 132 valence electrons. The number of carbonyl (C=O) groups excluding carboxylic acids is 3. The highest BCUT2D eigenvalue weighted by Crippen LogP contribution is 2.25. The van der Waals surface area contributed by atoms with Gasteiger partial charge in [0.1, 0.15) is 13.0 Å². The first-order valence-corrected chi connectivity index (χ1v) is 8.04. The van der Waals surface area contributed by atoms with Crippen LogP contribution in [-0.2, 0) is 23.9 Å². The molecule has 1 aliphatic rings. The van der Waals surface area contributed by atoms with Crippen molar-refractivity contribution in [2.75, 3.05) is 13.7 Å². The molecule has 0 heterocycles. The van der Waals surface area contributed by atoms with Crippen molar-refractivity contribution in [1.82, 2.24) is 0 Å². The van der Waals surface area contributed by atoms with Gasteiger partial charge in [-0.2, -0.15) is 0 Å². The number of hydrogen-bond donors (Lipinski definition) is 0. The Morgan fingerprint density at radius 1 is 1.21 bits per heavy atom. The fourth-order valence-corrected chi connectivity index (χ4v) is 2.13. The molecular weight excluding hydrogens is 308 g/mol. The summed E-state index contributed by atoms with van der Waals surface area (Å²) in [6, 6.07) is 0. The Balaban J connectivity index is 2.77. The highest BCUT2D eigenvalue weighted by molar-refractivity contribution is 6.03. The van der Waals surface area contributed by atoms with Gasteiger partial charge in [-0.15, -0.1) is 0 Å². The molecule has 0 unspecified atom stereocenters. The first-order chi connectivity index (χ1) is 11.2. The maximum absolute atomic E-state index is 12.0. The fourth-order valence-electron chi connectivity index (χ4n) is 2.13. The van der Waals surface area contributed by atoms with Crippen LogP contribution in [0.3, 0.4) is 0 Å². The summed E-state index contributed by atoms with van der Waals surface area (Å²) < 4.78 is 9.60. The molecule has 0 saturated carbocycles. The second-order valence-electron chi connectivity index (χ2n) is 6.59. The van der Waals surface area contributed by atoms with E-state index in [2.05, 4.69) is 10.8 Å². The predicted molar refractivity (Wildman–Crippen MR) is 91.2 cm³/mol. The van der Waals surface area contributed by atoms with E-state index >= 15 is 0 Å². The molecule has 5 heteroatoms. The molecule has 0 fully saturated rings. The summed E-state index contributed by atoms with van der Waals surface area (Å²) >= 11 is 0. The summed E-state index contributed by atoms with van der Waals surface area (Å²) in [4.78, 5) is 34.6. The molecule has 0 saturated heterocycles. The number of methoxy groups -OCH3 is 1. The van der Waals surface area contributed by atoms with Gasteiger partial charge in [0.15, 0.2) is 5.78 Å². The third-order valence-electron chi connectivity index (χ3n) is 3.84. The van der Waals surface area contributed by atoms with Crippen LogP contribution in [0, 0.1) is 5.41 Å². The molecule has 0 atom stereocenters. The largest absolute Gasteiger partial charge is 0.469 e. The van der Waals surface area contributed by atoms with E-state index in [-0.39, 0.29) is 24.2 Å². The normalized spacial score (nSPS) is 23.8. The molecule has 1 aliphatic carbocycles. The van der Waals surface area contributed by atoms with E-state index in [1.54, 1.807) is 13.0 Å². The minimum Gasteiger partial charge on any atom is -0.469 e. The first kappa shape index (κ1) is 19.9. The summed E-state index contributed by atoms with van der Waals surface area (Å²) in [5.74, 6) is -1.19. The Kier molecular flexibility index (Phi) is 7.62. The van der Waals surface area contributed by atoms with Crippen LogP contribution in [0.2, 0.25) is 0 Å². The third-order valence-corrected chi connectivity index (χ3v) is 3.84. The second-order valence-corrected chi connectivity index (χ2v) is 6.59. The Hall–Kier alpha value is -2.17. The van der Waals surface area contributed by atoms with Crippen molar-refractivity contribution in [2.45, 2.75) is 46.5 Å². The van der Waals surface area contributed by atoms with Crippen LogP contribution >= 0.6 is 0 Å². The van der Waals surface area contributed by atoms with Crippen LogP contribution in [0.4, 0.5) is 0 Å². The number of allylic oxidation sites excluding steroid dienone is 5. The topological polar surface area (TPSA) is 69.7 Å². The van der Waals surface area contributed by atoms with Gasteiger partial charge in [-0.25, -0.2) is 0 Å². The van der Waals surface area contributed by atoms with E-state index in [0.29, 0.717) is 18.4 Å². The number of rotatable bonds is 4. The van der Waals surface area contributed by atoms with Crippen LogP contribution < -0.4 is 0 Å². The van der Waals surface area contributed by atoms with Crippen LogP contribution in [0.5, 0.6) is 0 Å². The Morgan fingerprint density at radius 2 is 1.92 bits per heavy atom. The summed E-state index contributed by atoms with van der Waals surface area (Å²) in [6.07, 6.45) is 9.24. The lowest BCUT2D eigenvalue weighted by Gasteiger charge is -2.18. The minimum atomic E-state index is -0.611. The van der Waals surface area contributed by atoms with Crippen molar-refractivity contribution in [3.8, 4) is 0 Å². The molecule has 1 rings (SSSR count). The zero-order valence-electron chi connectivity index (χ0n) is 14.9. The SMILES string of the molecule is COC(=O)CC(=O)OC/C1=C\CC(C)(C)/C=C/C(=O)/C(C)=C/CC1. The van der Waals surface area contributed by atoms with Gasteiger partial charge in [0.05, 0.1) is 7.11 Å². The van der Waals surface area contributed by atoms with E-state index in [1.807, 2.05) is 26.0 Å². The summed E-state index contributed by atoms with van der Waals surface area (Å²) in [6.45, 7) is 6.05. The molecular formula is C19H26O5. The average Bonchev–Trinajstić information content (AvgIpc) is 2.55. The van der Waals surface area contributed by atoms with Crippen LogP contribution in [0.15, 0.2) is 35.5 Å². The molecule has 0 aliphatic heterocycles. The van der Waals surface area contributed by atoms with Gasteiger partial charge >= 0.3 is 11.9 Å². The second kappa shape index (κ2) is 9.21. The van der Waals surface area contributed by atoms with Crippen molar-refractivity contribution in [3.63, 3.8) is 0 Å². The number of esters is 2. The number of carbonyl (C=O) groups is 3. The highest BCUT2D eigenvalue weighted by Gasteiger charge is 2.16. The maximum atomic E-state index is 12.0. The van der Waals surface area contributed by atoms with E-state index in [4.69, 9.17) is 4.74 Å². The number of hydrogen-bond acceptors (Lipinski definition) is 5. The van der Waals surface area contributed by atoms with Crippen molar-refractivity contribution >= 4 is 17.7 Å². The molecule has 0 bridgehead atoms. The van der Waals surface area contributed by atoms with Gasteiger partial charge < -0.3 is 9.47 Å². The van der Waals surface area contributed by atoms with Crippen molar-refractivity contribution in [2.24, 2.45) is 5.41 Å². The molecule has 0 radical (unpaired) electrons. The van der Waals surface area contributed by atoms with Crippen LogP contribution in [-0.4, -0.2) is 31.4 Å².